The fraction of sp³-hybridized carbons (Fsp3) is 0.500. The van der Waals surface area contributed by atoms with E-state index in [1.54, 1.807) is 0 Å². The molecule has 1 aromatic rings. The van der Waals surface area contributed by atoms with E-state index in [9.17, 15) is 5.11 Å². The molecule has 1 aromatic carbocycles. The van der Waals surface area contributed by atoms with Gasteiger partial charge in [-0.25, -0.2) is 0 Å². The van der Waals surface area contributed by atoms with Crippen LogP contribution < -0.4 is 4.74 Å². The summed E-state index contributed by atoms with van der Waals surface area (Å²) in [6.45, 7) is 5.88. The topological polar surface area (TPSA) is 29.5 Å². The number of benzene rings is 1. The Bertz CT molecular complexity index is 355. The molecule has 0 saturated carbocycles. The van der Waals surface area contributed by atoms with Gasteiger partial charge in [0.05, 0.1) is 6.10 Å². The molecule has 0 aromatic heterocycles. The van der Waals surface area contributed by atoms with Gasteiger partial charge < -0.3 is 9.84 Å². The predicted octanol–water partition coefficient (Wildman–Crippen LogP) is 2.07. The van der Waals surface area contributed by atoms with Gasteiger partial charge in [-0.1, -0.05) is 17.7 Å². The lowest BCUT2D eigenvalue weighted by Gasteiger charge is -2.37. The van der Waals surface area contributed by atoms with E-state index in [-0.39, 0.29) is 0 Å². The van der Waals surface area contributed by atoms with Crippen molar-refractivity contribution < 1.29 is 9.84 Å². The van der Waals surface area contributed by atoms with E-state index in [1.165, 1.54) is 5.56 Å². The first-order valence-electron chi connectivity index (χ1n) is 4.95. The molecule has 1 aliphatic heterocycles. The van der Waals surface area contributed by atoms with Crippen molar-refractivity contribution in [1.29, 1.82) is 0 Å². The highest BCUT2D eigenvalue weighted by molar-refractivity contribution is 5.39. The van der Waals surface area contributed by atoms with Crippen LogP contribution >= 0.6 is 0 Å². The van der Waals surface area contributed by atoms with Gasteiger partial charge >= 0.3 is 0 Å². The zero-order valence-corrected chi connectivity index (χ0v) is 8.87. The normalized spacial score (nSPS) is 23.9. The van der Waals surface area contributed by atoms with Crippen LogP contribution in [0.15, 0.2) is 18.2 Å². The summed E-state index contributed by atoms with van der Waals surface area (Å²) < 4.78 is 5.74. The Kier molecular flexibility index (Phi) is 2.04. The summed E-state index contributed by atoms with van der Waals surface area (Å²) in [6, 6.07) is 6.10. The molecule has 0 spiro atoms. The summed E-state index contributed by atoms with van der Waals surface area (Å²) >= 11 is 0. The van der Waals surface area contributed by atoms with Crippen molar-refractivity contribution in [3.63, 3.8) is 0 Å². The van der Waals surface area contributed by atoms with Crippen molar-refractivity contribution in [3.05, 3.63) is 29.3 Å². The molecule has 2 nitrogen and oxygen atoms in total. The molecule has 0 aliphatic carbocycles. The summed E-state index contributed by atoms with van der Waals surface area (Å²) in [7, 11) is 0. The standard InChI is InChI=1S/C12H16O2/c1-8-4-5-10-9(6-8)7-11(13)12(2,3)14-10/h4-6,11,13H,7H2,1-3H3. The van der Waals surface area contributed by atoms with Gasteiger partial charge in [0.25, 0.3) is 0 Å². The number of fused-ring (bicyclic) bond motifs is 1. The van der Waals surface area contributed by atoms with E-state index >= 15 is 0 Å². The lowest BCUT2D eigenvalue weighted by molar-refractivity contribution is -0.0411. The molecule has 0 saturated heterocycles. The highest BCUT2D eigenvalue weighted by Gasteiger charge is 2.35. The minimum atomic E-state index is -0.470. The van der Waals surface area contributed by atoms with Crippen LogP contribution in [-0.2, 0) is 6.42 Å². The van der Waals surface area contributed by atoms with E-state index in [0.29, 0.717) is 6.42 Å². The van der Waals surface area contributed by atoms with Crippen molar-refractivity contribution in [2.45, 2.75) is 38.9 Å². The van der Waals surface area contributed by atoms with Gasteiger partial charge in [0.2, 0.25) is 0 Å². The van der Waals surface area contributed by atoms with Crippen molar-refractivity contribution >= 4 is 0 Å². The minimum absolute atomic E-state index is 0.420. The van der Waals surface area contributed by atoms with Crippen molar-refractivity contribution in [3.8, 4) is 5.75 Å². The van der Waals surface area contributed by atoms with Crippen molar-refractivity contribution in [1.82, 2.24) is 0 Å². The molecule has 0 fully saturated rings. The van der Waals surface area contributed by atoms with Gasteiger partial charge in [0, 0.05) is 6.42 Å². The maximum atomic E-state index is 9.85. The van der Waals surface area contributed by atoms with Crippen LogP contribution in [-0.4, -0.2) is 16.8 Å². The van der Waals surface area contributed by atoms with Gasteiger partial charge in [-0.15, -0.1) is 0 Å². The lowest BCUT2D eigenvalue weighted by Crippen LogP contribution is -2.46. The molecule has 14 heavy (non-hydrogen) atoms. The van der Waals surface area contributed by atoms with Crippen LogP contribution in [0.25, 0.3) is 0 Å². The molecule has 1 N–H and O–H groups in total. The highest BCUT2D eigenvalue weighted by atomic mass is 16.5. The summed E-state index contributed by atoms with van der Waals surface area (Å²) in [4.78, 5) is 0. The van der Waals surface area contributed by atoms with Gasteiger partial charge in [-0.05, 0) is 32.4 Å². The third-order valence-corrected chi connectivity index (χ3v) is 2.80. The molecule has 1 atom stereocenters. The van der Waals surface area contributed by atoms with Crippen LogP contribution in [0.4, 0.5) is 0 Å². The van der Waals surface area contributed by atoms with Gasteiger partial charge in [-0.3, -0.25) is 0 Å². The number of aliphatic hydroxyl groups excluding tert-OH is 1. The second kappa shape index (κ2) is 2.99. The van der Waals surface area contributed by atoms with E-state index < -0.39 is 11.7 Å². The zero-order chi connectivity index (χ0) is 10.3. The molecular weight excluding hydrogens is 176 g/mol. The molecule has 76 valence electrons. The van der Waals surface area contributed by atoms with Gasteiger partial charge in [0.15, 0.2) is 0 Å². The number of rotatable bonds is 0. The maximum Gasteiger partial charge on any atom is 0.129 e. The Morgan fingerprint density at radius 1 is 1.43 bits per heavy atom. The van der Waals surface area contributed by atoms with Crippen LogP contribution in [0.5, 0.6) is 5.75 Å². The average Bonchev–Trinajstić information content (AvgIpc) is 2.08. The summed E-state index contributed by atoms with van der Waals surface area (Å²) in [5.41, 5.74) is 1.85. The maximum absolute atomic E-state index is 9.85. The molecule has 1 unspecified atom stereocenters. The quantitative estimate of drug-likeness (QED) is 0.682. The first kappa shape index (κ1) is 9.53. The fourth-order valence-corrected chi connectivity index (χ4v) is 1.77. The Labute approximate surface area is 84.5 Å². The highest BCUT2D eigenvalue weighted by Crippen LogP contribution is 2.33. The largest absolute Gasteiger partial charge is 0.485 e. The smallest absolute Gasteiger partial charge is 0.129 e. The van der Waals surface area contributed by atoms with Crippen LogP contribution in [0, 0.1) is 6.92 Å². The Morgan fingerprint density at radius 2 is 2.14 bits per heavy atom. The molecular formula is C12H16O2. The molecule has 0 bridgehead atoms. The van der Waals surface area contributed by atoms with E-state index in [2.05, 4.69) is 6.07 Å². The van der Waals surface area contributed by atoms with Crippen molar-refractivity contribution in [2.24, 2.45) is 0 Å². The molecule has 0 radical (unpaired) electrons. The fourth-order valence-electron chi connectivity index (χ4n) is 1.77. The molecule has 1 aliphatic rings. The summed E-state index contributed by atoms with van der Waals surface area (Å²) in [6.07, 6.45) is 0.265. The summed E-state index contributed by atoms with van der Waals surface area (Å²) in [5.74, 6) is 0.908. The Hall–Kier alpha value is -1.02. The SMILES string of the molecule is Cc1ccc2c(c1)CC(O)C(C)(C)O2. The van der Waals surface area contributed by atoms with Gasteiger partial charge in [0.1, 0.15) is 11.4 Å². The number of aliphatic hydroxyl groups is 1. The third-order valence-electron chi connectivity index (χ3n) is 2.80. The van der Waals surface area contributed by atoms with Crippen LogP contribution in [0.2, 0.25) is 0 Å². The number of hydrogen-bond donors (Lipinski definition) is 1. The number of ether oxygens (including phenoxy) is 1. The van der Waals surface area contributed by atoms with Gasteiger partial charge in [-0.2, -0.15) is 0 Å². The summed E-state index contributed by atoms with van der Waals surface area (Å²) in [5, 5.41) is 9.85. The lowest BCUT2D eigenvalue weighted by atomic mass is 9.90. The predicted molar refractivity (Wildman–Crippen MR) is 55.6 cm³/mol. The van der Waals surface area contributed by atoms with Crippen LogP contribution in [0.3, 0.4) is 0 Å². The average molecular weight is 192 g/mol. The number of hydrogen-bond acceptors (Lipinski definition) is 2. The van der Waals surface area contributed by atoms with E-state index in [4.69, 9.17) is 4.74 Å². The minimum Gasteiger partial charge on any atom is -0.485 e. The van der Waals surface area contributed by atoms with E-state index in [1.807, 2.05) is 32.9 Å². The molecule has 0 amide bonds. The molecule has 2 rings (SSSR count). The van der Waals surface area contributed by atoms with Crippen molar-refractivity contribution in [2.75, 3.05) is 0 Å². The first-order chi connectivity index (χ1) is 6.49. The second-order valence-corrected chi connectivity index (χ2v) is 4.54. The second-order valence-electron chi connectivity index (χ2n) is 4.54. The number of aryl methyl sites for hydroxylation is 1. The van der Waals surface area contributed by atoms with Crippen LogP contribution in [0.1, 0.15) is 25.0 Å². The first-order valence-corrected chi connectivity index (χ1v) is 4.95. The molecule has 1 heterocycles. The Morgan fingerprint density at radius 3 is 2.86 bits per heavy atom. The zero-order valence-electron chi connectivity index (χ0n) is 8.87. The monoisotopic (exact) mass is 192 g/mol. The van der Waals surface area contributed by atoms with E-state index in [0.717, 1.165) is 11.3 Å². The Balaban J connectivity index is 2.41. The molecule has 2 heteroatoms. The third kappa shape index (κ3) is 1.50.